The molecule has 4 aliphatic rings. The number of aromatic amines is 1. The number of hydrogen-bond acceptors (Lipinski definition) is 16. The van der Waals surface area contributed by atoms with Crippen LogP contribution in [0.2, 0.25) is 0 Å². The van der Waals surface area contributed by atoms with Crippen molar-refractivity contribution in [3.8, 4) is 28.3 Å². The average molecular weight is 1140 g/mol. The number of amides is 6. The van der Waals surface area contributed by atoms with Crippen molar-refractivity contribution in [1.29, 1.82) is 0 Å². The molecular weight excluding hydrogens is 1070 g/mol. The van der Waals surface area contributed by atoms with Gasteiger partial charge in [-0.25, -0.2) is 9.37 Å². The molecule has 432 valence electrons. The summed E-state index contributed by atoms with van der Waals surface area (Å²) >= 11 is 0. The van der Waals surface area contributed by atoms with Gasteiger partial charge in [-0.3, -0.25) is 49.1 Å². The van der Waals surface area contributed by atoms with E-state index >= 15 is 4.39 Å². The molecule has 4 aliphatic heterocycles. The SMILES string of the molecule is CCc1c(C(N)=O)ccc(-c2cccc(OCCCCCCOCCOCCOCCCC(=O)N3CCN(c4cc5c(cc4F)C(=O)N(C4CCC(=O)NC4=O)C5=O)CC3)c2)c1NC1(c2nc(-c3ccncc3)n[nH]2)CCNCC1.Cl. The lowest BCUT2D eigenvalue weighted by atomic mass is 9.85. The Morgan fingerprint density at radius 1 is 0.790 bits per heavy atom. The zero-order chi connectivity index (χ0) is 56.0. The molecule has 6 N–H and O–H groups in total. The molecule has 0 radical (unpaired) electrons. The molecule has 6 heterocycles. The quantitative estimate of drug-likeness (QED) is 0.0300. The van der Waals surface area contributed by atoms with Gasteiger partial charge in [0.15, 0.2) is 11.6 Å². The van der Waals surface area contributed by atoms with Crippen molar-refractivity contribution in [1.82, 2.24) is 40.6 Å². The molecular formula is C58H71ClFN11O10. The van der Waals surface area contributed by atoms with Gasteiger partial charge in [0.05, 0.1) is 55.4 Å². The number of fused-ring (bicyclic) bond motifs is 1. The number of imide groups is 2. The Balaban J connectivity index is 0.00000860. The van der Waals surface area contributed by atoms with Crippen LogP contribution in [0, 0.1) is 5.82 Å². The number of nitrogens with one attached hydrogen (secondary N) is 4. The van der Waals surface area contributed by atoms with Gasteiger partial charge in [0.2, 0.25) is 23.6 Å². The first-order chi connectivity index (χ1) is 38.9. The molecule has 21 nitrogen and oxygen atoms in total. The number of H-pyrrole nitrogens is 1. The summed E-state index contributed by atoms with van der Waals surface area (Å²) in [5.74, 6) is -1.81. The van der Waals surface area contributed by atoms with Gasteiger partial charge in [0.25, 0.3) is 11.8 Å². The van der Waals surface area contributed by atoms with E-state index in [1.54, 1.807) is 22.2 Å². The standard InChI is InChI=1S/C58H70FN11O10.ClH/c1-2-41-43(52(60)73)13-12-42(51(41)65-58(18-22-62-23-19-58)57-64-53(66-67-57)38-16-20-61-21-17-38)39-9-7-10-40(35-39)80-30-6-4-3-5-28-77-31-33-79-34-32-78-29-8-11-50(72)69-26-24-68(25-27-69)48-37-45-44(36-46(48)59)55(75)70(56(45)76)47-14-15-49(71)63-54(47)74;/h7,9-10,12-13,16-17,20-21,35-37,47,62,65H,2-6,8,11,14-15,18-19,22-34H2,1H3,(H2,60,73)(H,63,71,74)(H,64,66,67);1H. The van der Waals surface area contributed by atoms with Crippen LogP contribution in [0.1, 0.15) is 114 Å². The summed E-state index contributed by atoms with van der Waals surface area (Å²) in [6.45, 7) is 8.27. The van der Waals surface area contributed by atoms with Crippen LogP contribution >= 0.6 is 12.4 Å². The van der Waals surface area contributed by atoms with Crippen LogP contribution in [0.3, 0.4) is 0 Å². The third-order valence-corrected chi connectivity index (χ3v) is 15.1. The maximum Gasteiger partial charge on any atom is 0.262 e. The van der Waals surface area contributed by atoms with Gasteiger partial charge in [-0.1, -0.05) is 31.5 Å². The highest BCUT2D eigenvalue weighted by atomic mass is 35.5. The van der Waals surface area contributed by atoms with Crippen molar-refractivity contribution in [2.75, 3.05) is 95.7 Å². The second kappa shape index (κ2) is 28.4. The predicted octanol–water partition coefficient (Wildman–Crippen LogP) is 5.97. The number of nitrogens with zero attached hydrogens (tertiary/aromatic N) is 6. The van der Waals surface area contributed by atoms with Gasteiger partial charge < -0.3 is 45.1 Å². The summed E-state index contributed by atoms with van der Waals surface area (Å²) in [5.41, 5.74) is 10.3. The van der Waals surface area contributed by atoms with Gasteiger partial charge in [-0.2, -0.15) is 5.10 Å². The highest BCUT2D eigenvalue weighted by molar-refractivity contribution is 6.23. The molecule has 3 saturated heterocycles. The first-order valence-electron chi connectivity index (χ1n) is 27.8. The Kier molecular flexibility index (Phi) is 20.9. The molecule has 3 fully saturated rings. The largest absolute Gasteiger partial charge is 0.494 e. The number of nitrogens with two attached hydrogens (primary N) is 1. The lowest BCUT2D eigenvalue weighted by Gasteiger charge is -2.39. The molecule has 2 aromatic heterocycles. The van der Waals surface area contributed by atoms with Crippen molar-refractivity contribution in [2.45, 2.75) is 89.1 Å². The fourth-order valence-corrected chi connectivity index (χ4v) is 10.8. The van der Waals surface area contributed by atoms with Crippen molar-refractivity contribution >= 4 is 59.2 Å². The minimum atomic E-state index is -1.14. The minimum absolute atomic E-state index is 0. The Bertz CT molecular complexity index is 3020. The van der Waals surface area contributed by atoms with Gasteiger partial charge in [-0.15, -0.1) is 12.4 Å². The number of pyridine rings is 1. The fourth-order valence-electron chi connectivity index (χ4n) is 10.8. The molecule has 23 heteroatoms. The highest BCUT2D eigenvalue weighted by Gasteiger charge is 2.46. The Hall–Kier alpha value is -7.37. The Morgan fingerprint density at radius 3 is 2.16 bits per heavy atom. The normalized spacial score (nSPS) is 17.0. The Labute approximate surface area is 476 Å². The zero-order valence-corrected chi connectivity index (χ0v) is 46.4. The number of anilines is 2. The molecule has 3 aromatic carbocycles. The van der Waals surface area contributed by atoms with E-state index in [1.165, 1.54) is 6.07 Å². The van der Waals surface area contributed by atoms with Crippen LogP contribution in [0.4, 0.5) is 15.8 Å². The van der Waals surface area contributed by atoms with E-state index in [-0.39, 0.29) is 48.0 Å². The number of unbranched alkanes of at least 4 members (excludes halogenated alkanes) is 3. The van der Waals surface area contributed by atoms with Crippen LogP contribution in [0.15, 0.2) is 73.1 Å². The predicted molar refractivity (Wildman–Crippen MR) is 302 cm³/mol. The van der Waals surface area contributed by atoms with Crippen LogP contribution in [-0.2, 0) is 40.6 Å². The molecule has 9 rings (SSSR count). The summed E-state index contributed by atoms with van der Waals surface area (Å²) in [6, 6.07) is 16.8. The number of aromatic nitrogens is 4. The zero-order valence-electron chi connectivity index (χ0n) is 45.6. The fraction of sp³-hybridized carbons (Fsp3) is 0.466. The summed E-state index contributed by atoms with van der Waals surface area (Å²) < 4.78 is 38.7. The number of carbonyl (C=O) groups is 6. The van der Waals surface area contributed by atoms with E-state index in [0.717, 1.165) is 102 Å². The van der Waals surface area contributed by atoms with Crippen LogP contribution in [0.25, 0.3) is 22.5 Å². The van der Waals surface area contributed by atoms with Gasteiger partial charge in [0, 0.05) is 87.0 Å². The van der Waals surface area contributed by atoms with E-state index in [9.17, 15) is 28.8 Å². The molecule has 0 bridgehead atoms. The first kappa shape index (κ1) is 59.7. The average Bonchev–Trinajstić information content (AvgIpc) is 3.92. The second-order valence-corrected chi connectivity index (χ2v) is 20.3. The van der Waals surface area contributed by atoms with E-state index < -0.39 is 46.9 Å². The number of ether oxygens (including phenoxy) is 4. The van der Waals surface area contributed by atoms with Crippen LogP contribution in [0.5, 0.6) is 5.75 Å². The van der Waals surface area contributed by atoms with E-state index in [0.29, 0.717) is 103 Å². The molecule has 0 saturated carbocycles. The van der Waals surface area contributed by atoms with Crippen LogP contribution < -0.4 is 31.3 Å². The minimum Gasteiger partial charge on any atom is -0.494 e. The number of carbonyl (C=O) groups excluding carboxylic acids is 6. The maximum atomic E-state index is 15.4. The van der Waals surface area contributed by atoms with Gasteiger partial charge in [0.1, 0.15) is 17.6 Å². The number of halogens is 2. The first-order valence-corrected chi connectivity index (χ1v) is 27.8. The number of hydrogen-bond donors (Lipinski definition) is 5. The molecule has 6 amide bonds. The maximum absolute atomic E-state index is 15.4. The number of piperazine rings is 1. The smallest absolute Gasteiger partial charge is 0.262 e. The molecule has 1 atom stereocenters. The number of piperidine rings is 2. The summed E-state index contributed by atoms with van der Waals surface area (Å²) in [5, 5.41) is 17.4. The van der Waals surface area contributed by atoms with Crippen molar-refractivity contribution in [2.24, 2.45) is 5.73 Å². The van der Waals surface area contributed by atoms with E-state index in [1.807, 2.05) is 49.4 Å². The summed E-state index contributed by atoms with van der Waals surface area (Å²) in [7, 11) is 0. The lowest BCUT2D eigenvalue weighted by Crippen LogP contribution is -2.54. The molecule has 5 aromatic rings. The van der Waals surface area contributed by atoms with E-state index in [2.05, 4.69) is 37.2 Å². The number of benzene rings is 3. The second-order valence-electron chi connectivity index (χ2n) is 20.3. The topological polar surface area (TPSA) is 266 Å². The number of primary amides is 1. The van der Waals surface area contributed by atoms with Gasteiger partial charge >= 0.3 is 0 Å². The van der Waals surface area contributed by atoms with E-state index in [4.69, 9.17) is 29.7 Å². The molecule has 0 spiro atoms. The summed E-state index contributed by atoms with van der Waals surface area (Å²) in [4.78, 5) is 89.5. The molecule has 0 aliphatic carbocycles. The van der Waals surface area contributed by atoms with Crippen molar-refractivity contribution < 1.29 is 52.1 Å². The van der Waals surface area contributed by atoms with Crippen LogP contribution in [-0.4, -0.2) is 157 Å². The monoisotopic (exact) mass is 1140 g/mol. The number of rotatable bonds is 27. The van der Waals surface area contributed by atoms with Gasteiger partial charge in [-0.05, 0) is 118 Å². The Morgan fingerprint density at radius 2 is 1.47 bits per heavy atom. The van der Waals surface area contributed by atoms with Crippen molar-refractivity contribution in [3.63, 3.8) is 0 Å². The van der Waals surface area contributed by atoms with Crippen molar-refractivity contribution in [3.05, 3.63) is 107 Å². The third-order valence-electron chi connectivity index (χ3n) is 15.1. The molecule has 81 heavy (non-hydrogen) atoms. The molecule has 1 unspecified atom stereocenters. The highest BCUT2D eigenvalue weighted by Crippen LogP contribution is 2.42. The lowest BCUT2D eigenvalue weighted by molar-refractivity contribution is -0.136. The third kappa shape index (κ3) is 14.4. The summed E-state index contributed by atoms with van der Waals surface area (Å²) in [6.07, 6.45) is 10.1.